The fourth-order valence-corrected chi connectivity index (χ4v) is 11.0. The van der Waals surface area contributed by atoms with Crippen molar-refractivity contribution in [3.05, 3.63) is 29.8 Å². The number of nitrogens with zero attached hydrogens (tertiary/aromatic N) is 2. The van der Waals surface area contributed by atoms with Gasteiger partial charge in [0.05, 0.1) is 19.2 Å². The molecule has 2 heterocycles. The lowest BCUT2D eigenvalue weighted by Gasteiger charge is -2.31. The topological polar surface area (TPSA) is 542 Å². The molecule has 10 atom stereocenters. The summed E-state index contributed by atoms with van der Waals surface area (Å²) in [5.41, 5.74) is 41.0. The molecule has 2 saturated heterocycles. The number of unbranched alkanes of at least 4 members (excludes halogenated alkanes) is 6. The van der Waals surface area contributed by atoms with Gasteiger partial charge in [0.25, 0.3) is 0 Å². The van der Waals surface area contributed by atoms with Crippen LogP contribution in [0.25, 0.3) is 0 Å². The van der Waals surface area contributed by atoms with Gasteiger partial charge < -0.3 is 108 Å². The van der Waals surface area contributed by atoms with E-state index in [0.717, 1.165) is 5.56 Å². The second-order valence-electron chi connectivity index (χ2n) is 24.1. The molecular formula is C62H108N18O14. The van der Waals surface area contributed by atoms with Crippen molar-refractivity contribution in [2.75, 3.05) is 65.4 Å². The number of likely N-dealkylation sites (tertiary alicyclic amines) is 2. The molecule has 0 spiro atoms. The molecule has 0 bridgehead atoms. The lowest BCUT2D eigenvalue weighted by atomic mass is 10.0. The molecule has 0 aromatic heterocycles. The van der Waals surface area contributed by atoms with E-state index in [-0.39, 0.29) is 95.7 Å². The smallest absolute Gasteiger partial charge is 0.246 e. The van der Waals surface area contributed by atoms with Gasteiger partial charge in [-0.1, -0.05) is 12.1 Å². The number of phenols is 1. The zero-order valence-electron chi connectivity index (χ0n) is 54.6. The molecule has 32 nitrogen and oxygen atoms in total. The lowest BCUT2D eigenvalue weighted by molar-refractivity contribution is -0.146. The fraction of sp³-hybridized carbons (Fsp3) is 0.710. The van der Waals surface area contributed by atoms with Crippen molar-refractivity contribution in [3.8, 4) is 5.75 Å². The van der Waals surface area contributed by atoms with Crippen LogP contribution in [0.1, 0.15) is 154 Å². The third kappa shape index (κ3) is 29.3. The Balaban J connectivity index is 1.68. The maximum atomic E-state index is 14.4. The highest BCUT2D eigenvalue weighted by Gasteiger charge is 2.45. The summed E-state index contributed by atoms with van der Waals surface area (Å²) >= 11 is 0. The Morgan fingerprint density at radius 2 is 0.872 bits per heavy atom. The van der Waals surface area contributed by atoms with Crippen LogP contribution in [0.5, 0.6) is 5.75 Å². The predicted molar refractivity (Wildman–Crippen MR) is 349 cm³/mol. The molecule has 32 heteroatoms. The first-order valence-corrected chi connectivity index (χ1v) is 33.2. The molecular weight excluding hydrogens is 1220 g/mol. The zero-order valence-corrected chi connectivity index (χ0v) is 54.6. The average Bonchev–Trinajstić information content (AvgIpc) is 1.65. The number of aliphatic hydroxyl groups is 1. The molecule has 2 aliphatic rings. The van der Waals surface area contributed by atoms with Gasteiger partial charge in [0, 0.05) is 25.9 Å². The Morgan fingerprint density at radius 1 is 0.489 bits per heavy atom. The number of phenolic OH excluding ortho intramolecular Hbond substituents is 1. The van der Waals surface area contributed by atoms with Crippen LogP contribution in [-0.2, 0) is 64.0 Å². The van der Waals surface area contributed by atoms with Gasteiger partial charge in [-0.2, -0.15) is 0 Å². The molecule has 25 N–H and O–H groups in total. The molecule has 530 valence electrons. The van der Waals surface area contributed by atoms with Crippen molar-refractivity contribution < 1.29 is 67.7 Å². The molecule has 2 fully saturated rings. The molecule has 1 aromatic rings. The minimum absolute atomic E-state index is 0.0512. The van der Waals surface area contributed by atoms with Gasteiger partial charge in [-0.15, -0.1) is 0 Å². The first-order valence-electron chi connectivity index (χ1n) is 33.2. The largest absolute Gasteiger partial charge is 0.508 e. The lowest BCUT2D eigenvalue weighted by Crippen LogP contribution is -2.59. The molecule has 0 unspecified atom stereocenters. The minimum Gasteiger partial charge on any atom is -0.508 e. The molecule has 0 saturated carbocycles. The summed E-state index contributed by atoms with van der Waals surface area (Å²) in [5.74, 6) is -8.27. The number of nitrogens with one attached hydrogen (secondary N) is 9. The zero-order chi connectivity index (χ0) is 69.5. The number of aliphatic hydroxyl groups excluding tert-OH is 1. The third-order valence-corrected chi connectivity index (χ3v) is 16.4. The summed E-state index contributed by atoms with van der Waals surface area (Å²) in [6.07, 6.45) is 6.23. The maximum absolute atomic E-state index is 14.4. The van der Waals surface area contributed by atoms with Crippen molar-refractivity contribution >= 4 is 70.9 Å². The molecule has 0 radical (unpaired) electrons. The number of benzene rings is 1. The van der Waals surface area contributed by atoms with Crippen molar-refractivity contribution in [2.45, 2.75) is 215 Å². The van der Waals surface area contributed by atoms with Crippen LogP contribution < -0.4 is 88.0 Å². The number of carbonyl (C=O) groups is 12. The molecule has 1 aromatic carbocycles. The normalized spacial score (nSPS) is 17.4. The van der Waals surface area contributed by atoms with E-state index in [1.807, 2.05) is 0 Å². The van der Waals surface area contributed by atoms with Crippen LogP contribution in [0.2, 0.25) is 0 Å². The number of aryl methyl sites for hydroxylation is 1. The first-order chi connectivity index (χ1) is 45.0. The van der Waals surface area contributed by atoms with Gasteiger partial charge in [0.1, 0.15) is 60.1 Å². The maximum Gasteiger partial charge on any atom is 0.246 e. The molecule has 2 aliphatic heterocycles. The van der Waals surface area contributed by atoms with Crippen molar-refractivity contribution in [3.63, 3.8) is 0 Å². The number of hydrogen-bond donors (Lipinski definition) is 18. The number of rotatable bonds is 47. The van der Waals surface area contributed by atoms with E-state index in [1.165, 1.54) is 28.9 Å². The highest BCUT2D eigenvalue weighted by Crippen LogP contribution is 2.27. The second kappa shape index (κ2) is 44.9. The number of carbonyl (C=O) groups excluding carboxylic acids is 12. The van der Waals surface area contributed by atoms with Crippen LogP contribution in [0.4, 0.5) is 0 Å². The molecule has 94 heavy (non-hydrogen) atoms. The molecule has 12 amide bonds. The Hall–Kier alpha value is -7.62. The van der Waals surface area contributed by atoms with E-state index >= 15 is 0 Å². The Bertz CT molecular complexity index is 2590. The van der Waals surface area contributed by atoms with E-state index in [1.54, 1.807) is 12.1 Å². The van der Waals surface area contributed by atoms with Crippen molar-refractivity contribution in [1.29, 1.82) is 0 Å². The van der Waals surface area contributed by atoms with Crippen LogP contribution in [-0.4, -0.2) is 217 Å². The van der Waals surface area contributed by atoms with Gasteiger partial charge in [-0.05, 0) is 199 Å². The monoisotopic (exact) mass is 1330 g/mol. The van der Waals surface area contributed by atoms with Crippen LogP contribution >= 0.6 is 0 Å². The van der Waals surface area contributed by atoms with Gasteiger partial charge >= 0.3 is 0 Å². The minimum atomic E-state index is -1.27. The van der Waals surface area contributed by atoms with Gasteiger partial charge in [-0.25, -0.2) is 0 Å². The van der Waals surface area contributed by atoms with E-state index in [2.05, 4.69) is 47.9 Å². The Kier molecular flexibility index (Phi) is 38.5. The number of nitrogens with two attached hydrogens (primary N) is 7. The number of aromatic hydroxyl groups is 1. The van der Waals surface area contributed by atoms with E-state index in [9.17, 15) is 67.7 Å². The summed E-state index contributed by atoms with van der Waals surface area (Å²) in [4.78, 5) is 166. The van der Waals surface area contributed by atoms with Crippen LogP contribution in [0, 0.1) is 0 Å². The Morgan fingerprint density at radius 3 is 1.29 bits per heavy atom. The summed E-state index contributed by atoms with van der Waals surface area (Å²) in [7, 11) is 0. The van der Waals surface area contributed by atoms with Crippen LogP contribution in [0.15, 0.2) is 24.3 Å². The van der Waals surface area contributed by atoms with Crippen molar-refractivity contribution in [1.82, 2.24) is 57.7 Å². The number of primary amides is 1. The van der Waals surface area contributed by atoms with E-state index in [4.69, 9.17) is 40.1 Å². The highest BCUT2D eigenvalue weighted by atomic mass is 16.3. The number of hydrogen-bond acceptors (Lipinski definition) is 20. The predicted octanol–water partition coefficient (Wildman–Crippen LogP) is -4.82. The summed E-state index contributed by atoms with van der Waals surface area (Å²) in [6.45, 7) is 1.94. The van der Waals surface area contributed by atoms with E-state index in [0.29, 0.717) is 116 Å². The average molecular weight is 1330 g/mol. The SMILES string of the molecule is C[C@H](NC(=O)CNC(=O)[C@@H]1C[C@@H](O)CN1C(=O)[C@@H]1CCCN1C(=O)CCc1ccc(O)cc1)C(=O)NCC(=O)N[C@@H](CCCCN)C(=O)N[C@@H](CCCCN)C(=O)N[C@@H](CCCCN)C(=O)N[C@@H](CCCCN)C(=O)N[C@@H](CCCCN)C(=O)N[C@@H](CCCCN)C(N)=O. The quantitative estimate of drug-likeness (QED) is 0.0272. The second-order valence-corrected chi connectivity index (χ2v) is 24.1. The van der Waals surface area contributed by atoms with Crippen LogP contribution in [0.3, 0.4) is 0 Å². The van der Waals surface area contributed by atoms with Crippen molar-refractivity contribution in [2.24, 2.45) is 40.1 Å². The van der Waals surface area contributed by atoms with E-state index < -0.39 is 139 Å². The summed E-state index contributed by atoms with van der Waals surface area (Å²) in [6, 6.07) is -4.02. The summed E-state index contributed by atoms with van der Waals surface area (Å²) in [5, 5.41) is 43.7. The molecule has 3 rings (SSSR count). The van der Waals surface area contributed by atoms with Gasteiger partial charge in [-0.3, -0.25) is 57.5 Å². The van der Waals surface area contributed by atoms with Gasteiger partial charge in [0.2, 0.25) is 70.9 Å². The summed E-state index contributed by atoms with van der Waals surface area (Å²) < 4.78 is 0. The third-order valence-electron chi connectivity index (χ3n) is 16.4. The van der Waals surface area contributed by atoms with Gasteiger partial charge in [0.15, 0.2) is 0 Å². The fourth-order valence-electron chi connectivity index (χ4n) is 11.0. The number of amides is 12. The molecule has 0 aliphatic carbocycles. The Labute approximate surface area is 550 Å². The standard InChI is InChI=1S/C62H108N18O14/c1-39(72-51(83)36-71-61(93)50-35-42(82)38-80(50)62(94)49-21-14-34-79(49)53(85)27-24-40-22-25-41(81)26-23-40)55(87)70-37-52(84)73-44(16-3-9-29-64)56(88)75-46(18-5-11-31-66)58(90)77-48(20-7-13-33-68)60(92)78-47(19-6-12-32-67)59(91)76-45(17-4-10-30-65)57(89)74-43(54(69)86)15-2-8-28-63/h22-23,25-26,39,42-50,81-82H,2-21,24,27-38,63-68H2,1H3,(H2,69,86)(H,70,87)(H,71,93)(H,72,83)(H,73,84)(H,74,89)(H,75,88)(H,76,91)(H,77,90)(H,78,92)/t39-,42+,43-,44-,45-,46-,47-,48-,49-,50-/m0/s1. The highest BCUT2D eigenvalue weighted by molar-refractivity contribution is 5.98. The first kappa shape index (κ1) is 80.6. The number of β-amino-alcohol motifs (C(OH)–C–C–N with tert-alkyl or cyclic N) is 1.